The van der Waals surface area contributed by atoms with E-state index in [2.05, 4.69) is 46.4 Å². The second-order valence-electron chi connectivity index (χ2n) is 8.72. The number of allylic oxidation sites excluding steroid dienone is 1. The molecule has 3 heterocycles. The fourth-order valence-corrected chi connectivity index (χ4v) is 6.02. The number of rotatable bonds is 9. The Morgan fingerprint density at radius 1 is 0.943 bits per heavy atom. The Labute approximate surface area is 216 Å². The number of piperidine rings is 1. The molecule has 3 aromatic rings. The molecular formula is C28H31N3O2S2. The van der Waals surface area contributed by atoms with Gasteiger partial charge in [-0.05, 0) is 68.6 Å². The maximum absolute atomic E-state index is 6.30. The number of aromatic nitrogens is 1. The number of likely N-dealkylation sites (tertiary alicyclic amines) is 1. The average molecular weight is 506 g/mol. The third-order valence-corrected chi connectivity index (χ3v) is 7.95. The molecule has 1 fully saturated rings. The average Bonchev–Trinajstić information content (AvgIpc) is 3.31. The molecule has 0 N–H and O–H groups in total. The highest BCUT2D eigenvalue weighted by atomic mass is 32.2. The molecule has 1 aromatic heterocycles. The van der Waals surface area contributed by atoms with Crippen LogP contribution < -0.4 is 14.4 Å². The van der Waals surface area contributed by atoms with Gasteiger partial charge in [0.1, 0.15) is 18.1 Å². The summed E-state index contributed by atoms with van der Waals surface area (Å²) in [4.78, 5) is 11.6. The van der Waals surface area contributed by atoms with Crippen LogP contribution in [0.4, 0.5) is 5.82 Å². The van der Waals surface area contributed by atoms with Gasteiger partial charge in [-0.25, -0.2) is 4.98 Å². The van der Waals surface area contributed by atoms with E-state index in [9.17, 15) is 0 Å². The Kier molecular flexibility index (Phi) is 8.18. The van der Waals surface area contributed by atoms with Crippen LogP contribution in [0.3, 0.4) is 0 Å². The molecule has 35 heavy (non-hydrogen) atoms. The minimum absolute atomic E-state index is 0.722. The SMILES string of the molecule is CC1=CSCN1c1ncc(Sc2cccc(OCCN3CCCCC3)c2)cc1Oc1ccccc1. The third-order valence-electron chi connectivity index (χ3n) is 6.08. The Balaban J connectivity index is 1.29. The number of anilines is 1. The van der Waals surface area contributed by atoms with E-state index in [1.165, 1.54) is 38.0 Å². The van der Waals surface area contributed by atoms with Crippen molar-refractivity contribution in [3.05, 3.63) is 78.0 Å². The molecule has 0 saturated carbocycles. The molecule has 5 nitrogen and oxygen atoms in total. The van der Waals surface area contributed by atoms with Crippen molar-refractivity contribution in [2.45, 2.75) is 36.0 Å². The first-order valence-electron chi connectivity index (χ1n) is 12.2. The molecule has 2 aliphatic heterocycles. The predicted molar refractivity (Wildman–Crippen MR) is 146 cm³/mol. The first-order chi connectivity index (χ1) is 17.2. The molecule has 2 aliphatic rings. The summed E-state index contributed by atoms with van der Waals surface area (Å²) < 4.78 is 12.4. The second-order valence-corrected chi connectivity index (χ2v) is 10.7. The number of benzene rings is 2. The van der Waals surface area contributed by atoms with Crippen LogP contribution in [0.15, 0.2) is 87.8 Å². The van der Waals surface area contributed by atoms with Gasteiger partial charge >= 0.3 is 0 Å². The van der Waals surface area contributed by atoms with Crippen LogP contribution in [0.5, 0.6) is 17.2 Å². The summed E-state index contributed by atoms with van der Waals surface area (Å²) in [5.41, 5.74) is 1.18. The van der Waals surface area contributed by atoms with Gasteiger partial charge in [0.2, 0.25) is 0 Å². The first kappa shape index (κ1) is 24.1. The zero-order chi connectivity index (χ0) is 23.9. The van der Waals surface area contributed by atoms with Gasteiger partial charge in [0, 0.05) is 34.3 Å². The molecule has 5 rings (SSSR count). The molecule has 0 atom stereocenters. The summed E-state index contributed by atoms with van der Waals surface area (Å²) >= 11 is 3.44. The van der Waals surface area contributed by atoms with Gasteiger partial charge < -0.3 is 14.4 Å². The highest BCUT2D eigenvalue weighted by Gasteiger charge is 2.21. The minimum Gasteiger partial charge on any atom is -0.492 e. The van der Waals surface area contributed by atoms with Crippen LogP contribution in [0.2, 0.25) is 0 Å². The quantitative estimate of drug-likeness (QED) is 0.303. The van der Waals surface area contributed by atoms with Gasteiger partial charge in [-0.3, -0.25) is 4.90 Å². The molecule has 0 radical (unpaired) electrons. The van der Waals surface area contributed by atoms with Gasteiger partial charge in [0.05, 0.1) is 5.88 Å². The fourth-order valence-electron chi connectivity index (χ4n) is 4.23. The lowest BCUT2D eigenvalue weighted by Crippen LogP contribution is -2.33. The smallest absolute Gasteiger partial charge is 0.177 e. The van der Waals surface area contributed by atoms with Gasteiger partial charge in [0.15, 0.2) is 11.6 Å². The lowest BCUT2D eigenvalue weighted by atomic mass is 10.1. The van der Waals surface area contributed by atoms with E-state index < -0.39 is 0 Å². The normalized spacial score (nSPS) is 16.3. The zero-order valence-electron chi connectivity index (χ0n) is 20.1. The lowest BCUT2D eigenvalue weighted by Gasteiger charge is -2.26. The van der Waals surface area contributed by atoms with Crippen LogP contribution in [-0.4, -0.2) is 42.0 Å². The molecule has 1 saturated heterocycles. The summed E-state index contributed by atoms with van der Waals surface area (Å²) in [7, 11) is 0. The molecule has 0 aliphatic carbocycles. The lowest BCUT2D eigenvalue weighted by molar-refractivity contribution is 0.183. The number of nitrogens with zero attached hydrogens (tertiary/aromatic N) is 3. The Morgan fingerprint density at radius 2 is 1.77 bits per heavy atom. The highest BCUT2D eigenvalue weighted by molar-refractivity contribution is 8.02. The van der Waals surface area contributed by atoms with Crippen LogP contribution in [0, 0.1) is 0 Å². The van der Waals surface area contributed by atoms with E-state index in [0.717, 1.165) is 51.9 Å². The summed E-state index contributed by atoms with van der Waals surface area (Å²) in [5.74, 6) is 4.15. The van der Waals surface area contributed by atoms with E-state index in [0.29, 0.717) is 0 Å². The Morgan fingerprint density at radius 3 is 2.57 bits per heavy atom. The van der Waals surface area contributed by atoms with E-state index >= 15 is 0 Å². The molecule has 2 aromatic carbocycles. The van der Waals surface area contributed by atoms with Crippen molar-refractivity contribution < 1.29 is 9.47 Å². The van der Waals surface area contributed by atoms with Crippen molar-refractivity contribution in [3.63, 3.8) is 0 Å². The standard InChI is InChI=1S/C28H31N3O2S2/c1-22-20-34-21-31(22)28-27(33-23-9-4-2-5-10-23)18-26(19-29-28)35-25-12-8-11-24(17-25)32-16-15-30-13-6-3-7-14-30/h2,4-5,8-12,17-20H,3,6-7,13-16,21H2,1H3. The van der Waals surface area contributed by atoms with E-state index in [4.69, 9.17) is 14.5 Å². The van der Waals surface area contributed by atoms with Crippen molar-refractivity contribution in [2.75, 3.05) is 37.0 Å². The molecule has 182 valence electrons. The second kappa shape index (κ2) is 11.9. The van der Waals surface area contributed by atoms with Gasteiger partial charge in [-0.15, -0.1) is 11.8 Å². The number of hydrogen-bond acceptors (Lipinski definition) is 7. The highest BCUT2D eigenvalue weighted by Crippen LogP contribution is 2.40. The van der Waals surface area contributed by atoms with Crippen LogP contribution >= 0.6 is 23.5 Å². The summed E-state index contributed by atoms with van der Waals surface area (Å²) in [6.45, 7) is 6.21. The number of pyridine rings is 1. The summed E-state index contributed by atoms with van der Waals surface area (Å²) in [6.07, 6.45) is 5.90. The molecule has 0 bridgehead atoms. The number of para-hydroxylation sites is 1. The largest absolute Gasteiger partial charge is 0.492 e. The molecule has 7 heteroatoms. The van der Waals surface area contributed by atoms with Crippen molar-refractivity contribution in [1.29, 1.82) is 0 Å². The van der Waals surface area contributed by atoms with Crippen molar-refractivity contribution in [2.24, 2.45) is 0 Å². The molecule has 0 amide bonds. The summed E-state index contributed by atoms with van der Waals surface area (Å²) in [5, 5.41) is 2.16. The van der Waals surface area contributed by atoms with Gasteiger partial charge in [0.25, 0.3) is 0 Å². The van der Waals surface area contributed by atoms with E-state index in [1.54, 1.807) is 23.5 Å². The molecule has 0 spiro atoms. The van der Waals surface area contributed by atoms with E-state index in [-0.39, 0.29) is 0 Å². The number of ether oxygens (including phenoxy) is 2. The maximum atomic E-state index is 6.30. The molecular weight excluding hydrogens is 474 g/mol. The number of thioether (sulfide) groups is 1. The van der Waals surface area contributed by atoms with Gasteiger partial charge in [-0.1, -0.05) is 42.4 Å². The monoisotopic (exact) mass is 505 g/mol. The fraction of sp³-hybridized carbons (Fsp3) is 0.321. The topological polar surface area (TPSA) is 37.8 Å². The van der Waals surface area contributed by atoms with Crippen molar-refractivity contribution >= 4 is 29.3 Å². The third kappa shape index (κ3) is 6.54. The van der Waals surface area contributed by atoms with Crippen LogP contribution in [0.1, 0.15) is 26.2 Å². The Hall–Kier alpha value is -2.61. The predicted octanol–water partition coefficient (Wildman–Crippen LogP) is 7.26. The maximum Gasteiger partial charge on any atom is 0.177 e. The van der Waals surface area contributed by atoms with Crippen molar-refractivity contribution in [1.82, 2.24) is 9.88 Å². The Bertz CT molecular complexity index is 1150. The van der Waals surface area contributed by atoms with Crippen LogP contribution in [0.25, 0.3) is 0 Å². The summed E-state index contributed by atoms with van der Waals surface area (Å²) in [6, 6.07) is 20.3. The zero-order valence-corrected chi connectivity index (χ0v) is 21.7. The van der Waals surface area contributed by atoms with Crippen molar-refractivity contribution in [3.8, 4) is 17.2 Å². The first-order valence-corrected chi connectivity index (χ1v) is 14.0. The van der Waals surface area contributed by atoms with E-state index in [1.807, 2.05) is 42.6 Å². The minimum atomic E-state index is 0.722. The number of hydrogen-bond donors (Lipinski definition) is 0. The molecule has 0 unspecified atom stereocenters. The van der Waals surface area contributed by atoms with Crippen LogP contribution in [-0.2, 0) is 0 Å². The van der Waals surface area contributed by atoms with Gasteiger partial charge in [-0.2, -0.15) is 0 Å².